The van der Waals surface area contributed by atoms with E-state index in [0.29, 0.717) is 35.6 Å². The van der Waals surface area contributed by atoms with Crippen molar-refractivity contribution in [1.29, 1.82) is 0 Å². The number of rotatable bonds is 7. The van der Waals surface area contributed by atoms with Gasteiger partial charge in [-0.2, -0.15) is 5.10 Å². The highest BCUT2D eigenvalue weighted by Crippen LogP contribution is 2.34. The fourth-order valence-corrected chi connectivity index (χ4v) is 5.55. The second-order valence-electron chi connectivity index (χ2n) is 8.36. The van der Waals surface area contributed by atoms with Gasteiger partial charge in [0.15, 0.2) is 0 Å². The lowest BCUT2D eigenvalue weighted by Crippen LogP contribution is -2.30. The van der Waals surface area contributed by atoms with Crippen LogP contribution >= 0.6 is 0 Å². The van der Waals surface area contributed by atoms with Crippen LogP contribution in [-0.2, 0) is 34.2 Å². The summed E-state index contributed by atoms with van der Waals surface area (Å²) in [4.78, 5) is 24.0. The van der Waals surface area contributed by atoms with Crippen molar-refractivity contribution < 1.29 is 17.9 Å². The molecule has 1 amide bonds. The number of hydrogen-bond acceptors (Lipinski definition) is 6. The van der Waals surface area contributed by atoms with E-state index in [4.69, 9.17) is 4.74 Å². The Morgan fingerprint density at radius 2 is 1.71 bits per heavy atom. The number of hydrogen-bond donors (Lipinski definition) is 2. The number of aromatic nitrogens is 2. The van der Waals surface area contributed by atoms with Crippen LogP contribution in [0.15, 0.2) is 52.2 Å². The number of benzene rings is 2. The van der Waals surface area contributed by atoms with Gasteiger partial charge in [-0.15, -0.1) is 0 Å². The molecule has 2 aromatic carbocycles. The highest BCUT2D eigenvalue weighted by Gasteiger charge is 2.25. The standard InChI is InChI=1S/C25H28N4O5S/c1-4-29-25(31)21-8-6-5-7-20(21)24(27-29)17-9-14-22(34-3)23(15-17)35(32,33)28-19-12-10-18(11-13-19)26-16(2)30/h9-15,28H,4-8H2,1-3H3,(H,26,30). The van der Waals surface area contributed by atoms with Gasteiger partial charge in [0.25, 0.3) is 15.6 Å². The Morgan fingerprint density at radius 1 is 1.06 bits per heavy atom. The molecule has 0 bridgehead atoms. The Labute approximate surface area is 204 Å². The number of carbonyl (C=O) groups is 1. The van der Waals surface area contributed by atoms with Crippen LogP contribution in [0, 0.1) is 0 Å². The number of methoxy groups -OCH3 is 1. The molecule has 0 saturated carbocycles. The summed E-state index contributed by atoms with van der Waals surface area (Å²) >= 11 is 0. The van der Waals surface area contributed by atoms with Gasteiger partial charge in [0, 0.05) is 36.0 Å². The molecule has 2 N–H and O–H groups in total. The summed E-state index contributed by atoms with van der Waals surface area (Å²) in [5.41, 5.74) is 3.70. The molecule has 3 aromatic rings. The van der Waals surface area contributed by atoms with E-state index in [2.05, 4.69) is 15.1 Å². The Balaban J connectivity index is 1.76. The van der Waals surface area contributed by atoms with Crippen LogP contribution in [0.1, 0.15) is 37.8 Å². The largest absolute Gasteiger partial charge is 0.495 e. The molecule has 1 aromatic heterocycles. The zero-order valence-corrected chi connectivity index (χ0v) is 20.7. The summed E-state index contributed by atoms with van der Waals surface area (Å²) in [7, 11) is -2.62. The normalized spacial score (nSPS) is 13.1. The summed E-state index contributed by atoms with van der Waals surface area (Å²) in [6, 6.07) is 11.2. The monoisotopic (exact) mass is 496 g/mol. The number of ether oxygens (including phenoxy) is 1. The highest BCUT2D eigenvalue weighted by atomic mass is 32.2. The molecule has 4 rings (SSSR count). The average molecular weight is 497 g/mol. The summed E-state index contributed by atoms with van der Waals surface area (Å²) in [6.45, 7) is 3.68. The fraction of sp³-hybridized carbons (Fsp3) is 0.320. The van der Waals surface area contributed by atoms with Crippen LogP contribution in [0.2, 0.25) is 0 Å². The van der Waals surface area contributed by atoms with E-state index in [9.17, 15) is 18.0 Å². The third kappa shape index (κ3) is 5.07. The minimum atomic E-state index is -4.03. The smallest absolute Gasteiger partial charge is 0.270 e. The van der Waals surface area contributed by atoms with Crippen molar-refractivity contribution in [2.45, 2.75) is 51.0 Å². The van der Waals surface area contributed by atoms with Crippen LogP contribution in [-0.4, -0.2) is 31.2 Å². The second-order valence-corrected chi connectivity index (χ2v) is 10.0. The van der Waals surface area contributed by atoms with Gasteiger partial charge in [-0.05, 0) is 80.6 Å². The van der Waals surface area contributed by atoms with Gasteiger partial charge < -0.3 is 10.1 Å². The predicted molar refractivity (Wildman–Crippen MR) is 134 cm³/mol. The van der Waals surface area contributed by atoms with Gasteiger partial charge in [0.05, 0.1) is 12.8 Å². The molecule has 0 spiro atoms. The summed E-state index contributed by atoms with van der Waals surface area (Å²) in [5, 5.41) is 7.23. The number of anilines is 2. The molecular weight excluding hydrogens is 468 g/mol. The second kappa shape index (κ2) is 9.91. The Morgan fingerprint density at radius 3 is 2.34 bits per heavy atom. The molecule has 0 fully saturated rings. The van der Waals surface area contributed by atoms with E-state index in [1.54, 1.807) is 36.4 Å². The van der Waals surface area contributed by atoms with Gasteiger partial charge >= 0.3 is 0 Å². The average Bonchev–Trinajstić information content (AvgIpc) is 2.85. The van der Waals surface area contributed by atoms with E-state index >= 15 is 0 Å². The van der Waals surface area contributed by atoms with Crippen molar-refractivity contribution in [3.05, 3.63) is 63.9 Å². The van der Waals surface area contributed by atoms with E-state index in [1.165, 1.54) is 24.8 Å². The van der Waals surface area contributed by atoms with Crippen molar-refractivity contribution in [3.8, 4) is 17.0 Å². The van der Waals surface area contributed by atoms with Crippen LogP contribution in [0.3, 0.4) is 0 Å². The first-order valence-electron chi connectivity index (χ1n) is 11.4. The molecule has 1 aliphatic carbocycles. The lowest BCUT2D eigenvalue weighted by atomic mass is 9.90. The molecule has 1 aliphatic rings. The van der Waals surface area contributed by atoms with Gasteiger partial charge in [-0.3, -0.25) is 14.3 Å². The third-order valence-corrected chi connectivity index (χ3v) is 7.35. The quantitative estimate of drug-likeness (QED) is 0.516. The Hall–Kier alpha value is -3.66. The number of sulfonamides is 1. The lowest BCUT2D eigenvalue weighted by molar-refractivity contribution is -0.114. The van der Waals surface area contributed by atoms with Gasteiger partial charge in [0.1, 0.15) is 10.6 Å². The molecule has 184 valence electrons. The van der Waals surface area contributed by atoms with Crippen molar-refractivity contribution >= 4 is 27.3 Å². The van der Waals surface area contributed by atoms with Crippen LogP contribution in [0.5, 0.6) is 5.75 Å². The maximum atomic E-state index is 13.4. The van der Waals surface area contributed by atoms with E-state index in [0.717, 1.165) is 30.4 Å². The van der Waals surface area contributed by atoms with Crippen molar-refractivity contribution in [2.75, 3.05) is 17.1 Å². The maximum Gasteiger partial charge on any atom is 0.270 e. The number of amides is 1. The van der Waals surface area contributed by atoms with Crippen molar-refractivity contribution in [3.63, 3.8) is 0 Å². The molecule has 0 radical (unpaired) electrons. The first-order chi connectivity index (χ1) is 16.7. The maximum absolute atomic E-state index is 13.4. The predicted octanol–water partition coefficient (Wildman–Crippen LogP) is 3.58. The molecule has 0 unspecified atom stereocenters. The first-order valence-corrected chi connectivity index (χ1v) is 12.9. The summed E-state index contributed by atoms with van der Waals surface area (Å²) in [6.07, 6.45) is 3.32. The van der Waals surface area contributed by atoms with Crippen molar-refractivity contribution in [1.82, 2.24) is 9.78 Å². The molecule has 0 atom stereocenters. The van der Waals surface area contributed by atoms with Gasteiger partial charge in [-0.25, -0.2) is 13.1 Å². The fourth-order valence-electron chi connectivity index (χ4n) is 4.30. The number of nitrogens with zero attached hydrogens (tertiary/aromatic N) is 2. The minimum absolute atomic E-state index is 0.0379. The lowest BCUT2D eigenvalue weighted by Gasteiger charge is -2.20. The van der Waals surface area contributed by atoms with E-state index in [1.807, 2.05) is 6.92 Å². The van der Waals surface area contributed by atoms with Crippen LogP contribution in [0.25, 0.3) is 11.3 Å². The molecule has 0 aliphatic heterocycles. The van der Waals surface area contributed by atoms with E-state index < -0.39 is 10.0 Å². The molecule has 35 heavy (non-hydrogen) atoms. The number of nitrogens with one attached hydrogen (secondary N) is 2. The number of aryl methyl sites for hydroxylation is 1. The van der Waals surface area contributed by atoms with E-state index in [-0.39, 0.29) is 22.1 Å². The Bertz CT molecular complexity index is 1430. The Kier molecular flexibility index (Phi) is 6.93. The third-order valence-electron chi connectivity index (χ3n) is 5.95. The summed E-state index contributed by atoms with van der Waals surface area (Å²) < 4.78 is 36.1. The van der Waals surface area contributed by atoms with Gasteiger partial charge in [0.2, 0.25) is 5.91 Å². The number of carbonyl (C=O) groups excluding carboxylic acids is 1. The molecular formula is C25H28N4O5S. The SMILES string of the molecule is CCn1nc(-c2ccc(OC)c(S(=O)(=O)Nc3ccc(NC(C)=O)cc3)c2)c2c(c1=O)CCCC2. The van der Waals surface area contributed by atoms with Crippen molar-refractivity contribution in [2.24, 2.45) is 0 Å². The zero-order chi connectivity index (χ0) is 25.2. The van der Waals surface area contributed by atoms with Crippen LogP contribution < -0.4 is 20.3 Å². The molecule has 9 nitrogen and oxygen atoms in total. The number of fused-ring (bicyclic) bond motifs is 1. The minimum Gasteiger partial charge on any atom is -0.495 e. The molecule has 1 heterocycles. The highest BCUT2D eigenvalue weighted by molar-refractivity contribution is 7.92. The summed E-state index contributed by atoms with van der Waals surface area (Å²) in [5.74, 6) is -0.0288. The topological polar surface area (TPSA) is 119 Å². The van der Waals surface area contributed by atoms with Gasteiger partial charge in [-0.1, -0.05) is 0 Å². The molecule has 0 saturated heterocycles. The first kappa shape index (κ1) is 24.5. The van der Waals surface area contributed by atoms with Crippen LogP contribution in [0.4, 0.5) is 11.4 Å². The zero-order valence-electron chi connectivity index (χ0n) is 19.9. The molecule has 10 heteroatoms.